The third-order valence-corrected chi connectivity index (χ3v) is 6.43. The van der Waals surface area contributed by atoms with Crippen molar-refractivity contribution >= 4 is 21.2 Å². The molecule has 0 saturated carbocycles. The first kappa shape index (κ1) is 17.2. The second kappa shape index (κ2) is 6.83. The first-order valence-corrected chi connectivity index (χ1v) is 10.2. The molecule has 1 aliphatic rings. The van der Waals surface area contributed by atoms with Crippen molar-refractivity contribution < 1.29 is 8.42 Å². The Labute approximate surface area is 153 Å². The van der Waals surface area contributed by atoms with Gasteiger partial charge in [-0.25, -0.2) is 4.98 Å². The van der Waals surface area contributed by atoms with Gasteiger partial charge in [0.15, 0.2) is 0 Å². The minimum atomic E-state index is -3.58. The molecule has 0 radical (unpaired) electrons. The maximum Gasteiger partial charge on any atom is 0.280 e. The van der Waals surface area contributed by atoms with Crippen molar-refractivity contribution in [2.45, 2.75) is 32.4 Å². The van der Waals surface area contributed by atoms with Crippen LogP contribution in [-0.2, 0) is 16.8 Å². The van der Waals surface area contributed by atoms with E-state index in [1.165, 1.54) is 4.31 Å². The lowest BCUT2D eigenvalue weighted by Gasteiger charge is -2.22. The molecule has 3 aromatic rings. The van der Waals surface area contributed by atoms with E-state index < -0.39 is 10.2 Å². The number of rotatable bonds is 5. The number of nitrogens with one attached hydrogen (secondary N) is 2. The molecule has 136 valence electrons. The molecule has 0 aliphatic carbocycles. The molecule has 2 N–H and O–H groups in total. The minimum absolute atomic E-state index is 0.255. The number of H-pyrrole nitrogens is 1. The van der Waals surface area contributed by atoms with E-state index in [1.807, 2.05) is 55.5 Å². The molecule has 0 bridgehead atoms. The quantitative estimate of drug-likeness (QED) is 0.725. The number of hydrogen-bond donors (Lipinski definition) is 2. The normalized spacial score (nSPS) is 18.6. The minimum Gasteiger partial charge on any atom is -0.341 e. The summed E-state index contributed by atoms with van der Waals surface area (Å²) in [6.45, 7) is 2.80. The third kappa shape index (κ3) is 3.25. The highest BCUT2D eigenvalue weighted by atomic mass is 32.2. The molecule has 0 spiro atoms. The van der Waals surface area contributed by atoms with Crippen molar-refractivity contribution in [1.82, 2.24) is 19.0 Å². The van der Waals surface area contributed by atoms with Gasteiger partial charge in [0, 0.05) is 13.1 Å². The molecule has 6 nitrogen and oxygen atoms in total. The summed E-state index contributed by atoms with van der Waals surface area (Å²) in [5.41, 5.74) is 3.87. The van der Waals surface area contributed by atoms with Crippen molar-refractivity contribution in [1.29, 1.82) is 0 Å². The highest BCUT2D eigenvalue weighted by Gasteiger charge is 2.36. The number of para-hydroxylation sites is 1. The van der Waals surface area contributed by atoms with Crippen molar-refractivity contribution in [3.8, 4) is 0 Å². The molecule has 1 unspecified atom stereocenters. The molecule has 1 aliphatic heterocycles. The van der Waals surface area contributed by atoms with Gasteiger partial charge in [0.05, 0.1) is 17.1 Å². The van der Waals surface area contributed by atoms with Gasteiger partial charge in [-0.2, -0.15) is 17.4 Å². The summed E-state index contributed by atoms with van der Waals surface area (Å²) in [5, 5.41) is 0. The summed E-state index contributed by atoms with van der Waals surface area (Å²) in [6.07, 6.45) is 1.60. The van der Waals surface area contributed by atoms with Gasteiger partial charge in [0.2, 0.25) is 0 Å². The number of benzene rings is 2. The fourth-order valence-corrected chi connectivity index (χ4v) is 4.93. The lowest BCUT2D eigenvalue weighted by atomic mass is 10.2. The summed E-state index contributed by atoms with van der Waals surface area (Å²) >= 11 is 0. The lowest BCUT2D eigenvalue weighted by Crippen LogP contribution is -2.40. The molecule has 1 atom stereocenters. The van der Waals surface area contributed by atoms with Crippen LogP contribution in [0, 0.1) is 6.92 Å². The van der Waals surface area contributed by atoms with Gasteiger partial charge >= 0.3 is 0 Å². The van der Waals surface area contributed by atoms with Crippen LogP contribution in [-0.4, -0.2) is 29.2 Å². The Balaban J connectivity index is 1.57. The molecule has 1 aromatic heterocycles. The Morgan fingerprint density at radius 2 is 2.00 bits per heavy atom. The van der Waals surface area contributed by atoms with E-state index in [0.29, 0.717) is 6.54 Å². The van der Waals surface area contributed by atoms with Crippen LogP contribution in [0.4, 0.5) is 0 Å². The second-order valence-electron chi connectivity index (χ2n) is 6.67. The molecular formula is C19H22N4O2S. The number of hydrogen-bond acceptors (Lipinski definition) is 3. The number of fused-ring (bicyclic) bond motifs is 1. The zero-order valence-corrected chi connectivity index (χ0v) is 15.5. The Morgan fingerprint density at radius 1 is 1.19 bits per heavy atom. The van der Waals surface area contributed by atoms with Gasteiger partial charge in [-0.1, -0.05) is 42.5 Å². The maximum atomic E-state index is 12.8. The second-order valence-corrected chi connectivity index (χ2v) is 8.38. The van der Waals surface area contributed by atoms with Crippen LogP contribution in [0.1, 0.15) is 35.8 Å². The van der Waals surface area contributed by atoms with Crippen LogP contribution in [0.25, 0.3) is 11.0 Å². The van der Waals surface area contributed by atoms with Gasteiger partial charge < -0.3 is 4.98 Å². The molecule has 2 heterocycles. The topological polar surface area (TPSA) is 78.1 Å². The van der Waals surface area contributed by atoms with Gasteiger partial charge in [0.25, 0.3) is 10.2 Å². The number of nitrogens with zero attached hydrogens (tertiary/aromatic N) is 2. The van der Waals surface area contributed by atoms with E-state index in [1.54, 1.807) is 0 Å². The predicted octanol–water partition coefficient (Wildman–Crippen LogP) is 3.04. The molecule has 26 heavy (non-hydrogen) atoms. The molecule has 1 saturated heterocycles. The van der Waals surface area contributed by atoms with Gasteiger partial charge in [0.1, 0.15) is 5.82 Å². The first-order chi connectivity index (χ1) is 12.5. The summed E-state index contributed by atoms with van der Waals surface area (Å²) in [4.78, 5) is 8.00. The molecule has 2 aromatic carbocycles. The summed E-state index contributed by atoms with van der Waals surface area (Å²) in [6, 6.07) is 15.2. The van der Waals surface area contributed by atoms with E-state index in [-0.39, 0.29) is 12.6 Å². The first-order valence-electron chi connectivity index (χ1n) is 8.80. The molecule has 4 rings (SSSR count). The Morgan fingerprint density at radius 3 is 2.77 bits per heavy atom. The van der Waals surface area contributed by atoms with Crippen molar-refractivity contribution in [3.63, 3.8) is 0 Å². The SMILES string of the molecule is Cc1cccc2[nH]c(C3CCCN3S(=O)(=O)NCc3ccccc3)nc12. The molecular weight excluding hydrogens is 348 g/mol. The summed E-state index contributed by atoms with van der Waals surface area (Å²) in [5.74, 6) is 0.719. The smallest absolute Gasteiger partial charge is 0.280 e. The summed E-state index contributed by atoms with van der Waals surface area (Å²) in [7, 11) is -3.58. The Hall–Kier alpha value is -2.22. The molecule has 0 amide bonds. The largest absolute Gasteiger partial charge is 0.341 e. The zero-order valence-electron chi connectivity index (χ0n) is 14.6. The molecule has 1 fully saturated rings. The van der Waals surface area contributed by atoms with Crippen molar-refractivity contribution in [3.05, 3.63) is 65.5 Å². The number of imidazole rings is 1. The molecule has 7 heteroatoms. The van der Waals surface area contributed by atoms with E-state index >= 15 is 0 Å². The fraction of sp³-hybridized carbons (Fsp3) is 0.316. The Kier molecular flexibility index (Phi) is 4.52. The summed E-state index contributed by atoms with van der Waals surface area (Å²) < 4.78 is 29.9. The van der Waals surface area contributed by atoms with E-state index in [4.69, 9.17) is 0 Å². The highest BCUT2D eigenvalue weighted by Crippen LogP contribution is 2.33. The third-order valence-electron chi connectivity index (χ3n) is 4.86. The van der Waals surface area contributed by atoms with Crippen molar-refractivity contribution in [2.24, 2.45) is 0 Å². The highest BCUT2D eigenvalue weighted by molar-refractivity contribution is 7.87. The van der Waals surface area contributed by atoms with Gasteiger partial charge in [-0.05, 0) is 37.0 Å². The van der Waals surface area contributed by atoms with Crippen LogP contribution >= 0.6 is 0 Å². The number of aromatic nitrogens is 2. The predicted molar refractivity (Wildman–Crippen MR) is 102 cm³/mol. The number of aromatic amines is 1. The van der Waals surface area contributed by atoms with Gasteiger partial charge in [-0.15, -0.1) is 0 Å². The Bertz CT molecular complexity index is 1010. The van der Waals surface area contributed by atoms with Crippen LogP contribution < -0.4 is 4.72 Å². The van der Waals surface area contributed by atoms with Crippen LogP contribution in [0.5, 0.6) is 0 Å². The van der Waals surface area contributed by atoms with Crippen LogP contribution in [0.2, 0.25) is 0 Å². The van der Waals surface area contributed by atoms with E-state index in [0.717, 1.165) is 40.8 Å². The monoisotopic (exact) mass is 370 g/mol. The fourth-order valence-electron chi connectivity index (χ4n) is 3.51. The lowest BCUT2D eigenvalue weighted by molar-refractivity contribution is 0.378. The van der Waals surface area contributed by atoms with E-state index in [9.17, 15) is 8.42 Å². The van der Waals surface area contributed by atoms with Gasteiger partial charge in [-0.3, -0.25) is 0 Å². The van der Waals surface area contributed by atoms with Crippen LogP contribution in [0.3, 0.4) is 0 Å². The average molecular weight is 370 g/mol. The average Bonchev–Trinajstić information content (AvgIpc) is 3.28. The number of aryl methyl sites for hydroxylation is 1. The van der Waals surface area contributed by atoms with E-state index in [2.05, 4.69) is 14.7 Å². The zero-order chi connectivity index (χ0) is 18.1. The standard InChI is InChI=1S/C19H22N4O2S/c1-14-7-5-10-16-18(14)22-19(21-16)17-11-6-12-23(17)26(24,25)20-13-15-8-3-2-4-9-15/h2-5,7-10,17,20H,6,11-13H2,1H3,(H,21,22). The van der Waals surface area contributed by atoms with Crippen LogP contribution in [0.15, 0.2) is 48.5 Å². The maximum absolute atomic E-state index is 12.8. The van der Waals surface area contributed by atoms with Crippen molar-refractivity contribution in [2.75, 3.05) is 6.54 Å².